The standard InChI is InChI=1S/C16H17BrN4O4/c17-15-11-14(20(7-9-22)8-10-23)5-6-16(15)19-18-12-1-3-13(4-2-12)21(24)25/h1-6,11,22-23H,7-10H2. The van der Waals surface area contributed by atoms with Gasteiger partial charge in [-0.25, -0.2) is 0 Å². The number of nitrogens with zero attached hydrogens (tertiary/aromatic N) is 4. The van der Waals surface area contributed by atoms with Crippen molar-refractivity contribution in [1.82, 2.24) is 0 Å². The van der Waals surface area contributed by atoms with E-state index in [-0.39, 0.29) is 18.9 Å². The lowest BCUT2D eigenvalue weighted by Gasteiger charge is -2.23. The second-order valence-corrected chi connectivity index (χ2v) is 5.90. The number of rotatable bonds is 8. The molecule has 2 aromatic rings. The highest BCUT2D eigenvalue weighted by Crippen LogP contribution is 2.31. The van der Waals surface area contributed by atoms with Gasteiger partial charge in [-0.3, -0.25) is 10.1 Å². The van der Waals surface area contributed by atoms with E-state index in [0.717, 1.165) is 5.69 Å². The summed E-state index contributed by atoms with van der Waals surface area (Å²) in [5.74, 6) is 0. The molecule has 0 aromatic heterocycles. The Kier molecular flexibility index (Phi) is 6.99. The highest BCUT2D eigenvalue weighted by atomic mass is 79.9. The van der Waals surface area contributed by atoms with Crippen LogP contribution in [0.5, 0.6) is 0 Å². The van der Waals surface area contributed by atoms with Gasteiger partial charge in [0.2, 0.25) is 0 Å². The van der Waals surface area contributed by atoms with E-state index in [1.54, 1.807) is 6.07 Å². The van der Waals surface area contributed by atoms with Gasteiger partial charge in [-0.05, 0) is 46.3 Å². The Bertz CT molecular complexity index is 746. The van der Waals surface area contributed by atoms with Crippen LogP contribution in [0.3, 0.4) is 0 Å². The van der Waals surface area contributed by atoms with Gasteiger partial charge in [0.05, 0.1) is 29.5 Å². The minimum atomic E-state index is -0.471. The Morgan fingerprint density at radius 3 is 2.20 bits per heavy atom. The maximum atomic E-state index is 10.6. The van der Waals surface area contributed by atoms with Gasteiger partial charge in [-0.1, -0.05) is 0 Å². The van der Waals surface area contributed by atoms with Crippen molar-refractivity contribution in [2.24, 2.45) is 10.2 Å². The van der Waals surface area contributed by atoms with E-state index in [0.29, 0.717) is 28.9 Å². The summed E-state index contributed by atoms with van der Waals surface area (Å²) < 4.78 is 0.705. The van der Waals surface area contributed by atoms with Crippen molar-refractivity contribution < 1.29 is 15.1 Å². The molecule has 8 nitrogen and oxygen atoms in total. The van der Waals surface area contributed by atoms with E-state index in [1.165, 1.54) is 24.3 Å². The molecule has 2 rings (SSSR count). The van der Waals surface area contributed by atoms with Crippen molar-refractivity contribution in [2.45, 2.75) is 0 Å². The Morgan fingerprint density at radius 1 is 1.04 bits per heavy atom. The van der Waals surface area contributed by atoms with E-state index in [2.05, 4.69) is 26.2 Å². The zero-order chi connectivity index (χ0) is 18.2. The first-order valence-corrected chi connectivity index (χ1v) is 8.27. The third kappa shape index (κ3) is 5.31. The summed E-state index contributed by atoms with van der Waals surface area (Å²) in [4.78, 5) is 12.0. The molecule has 0 fully saturated rings. The molecule has 2 aromatic carbocycles. The topological polar surface area (TPSA) is 112 Å². The largest absolute Gasteiger partial charge is 0.395 e. The fraction of sp³-hybridized carbons (Fsp3) is 0.250. The van der Waals surface area contributed by atoms with E-state index in [1.807, 2.05) is 17.0 Å². The summed E-state index contributed by atoms with van der Waals surface area (Å²) in [6.07, 6.45) is 0. The number of anilines is 1. The van der Waals surface area contributed by atoms with Crippen molar-refractivity contribution in [2.75, 3.05) is 31.2 Å². The van der Waals surface area contributed by atoms with Crippen LogP contribution in [0.15, 0.2) is 57.2 Å². The van der Waals surface area contributed by atoms with Crippen molar-refractivity contribution in [1.29, 1.82) is 0 Å². The summed E-state index contributed by atoms with van der Waals surface area (Å²) in [6.45, 7) is 0.797. The van der Waals surface area contributed by atoms with Crippen LogP contribution in [0, 0.1) is 10.1 Å². The average Bonchev–Trinajstić information content (AvgIpc) is 2.61. The quantitative estimate of drug-likeness (QED) is 0.393. The van der Waals surface area contributed by atoms with Crippen LogP contribution in [-0.4, -0.2) is 41.4 Å². The van der Waals surface area contributed by atoms with Gasteiger partial charge in [-0.15, -0.1) is 5.11 Å². The molecule has 2 N–H and O–H groups in total. The molecule has 0 saturated carbocycles. The molecule has 0 heterocycles. The number of azo groups is 1. The van der Waals surface area contributed by atoms with E-state index < -0.39 is 4.92 Å². The van der Waals surface area contributed by atoms with Gasteiger partial charge in [0.1, 0.15) is 0 Å². The minimum absolute atomic E-state index is 0.00246. The molecule has 0 spiro atoms. The van der Waals surface area contributed by atoms with Crippen molar-refractivity contribution >= 4 is 38.7 Å². The number of nitro groups is 1. The zero-order valence-corrected chi connectivity index (χ0v) is 14.8. The Labute approximate surface area is 152 Å². The summed E-state index contributed by atoms with van der Waals surface area (Å²) in [5.41, 5.74) is 1.93. The van der Waals surface area contributed by atoms with Crippen LogP contribution in [0.2, 0.25) is 0 Å². The molecule has 0 bridgehead atoms. The molecular formula is C16H17BrN4O4. The molecule has 0 aliphatic rings. The lowest BCUT2D eigenvalue weighted by atomic mass is 10.2. The molecule has 0 saturated heterocycles. The monoisotopic (exact) mass is 408 g/mol. The van der Waals surface area contributed by atoms with Crippen LogP contribution in [-0.2, 0) is 0 Å². The summed E-state index contributed by atoms with van der Waals surface area (Å²) in [7, 11) is 0. The first-order valence-electron chi connectivity index (χ1n) is 7.47. The van der Waals surface area contributed by atoms with E-state index >= 15 is 0 Å². The average molecular weight is 409 g/mol. The van der Waals surface area contributed by atoms with Crippen LogP contribution < -0.4 is 4.90 Å². The third-order valence-corrected chi connectivity index (χ3v) is 4.01. The molecule has 0 unspecified atom stereocenters. The highest BCUT2D eigenvalue weighted by molar-refractivity contribution is 9.10. The molecule has 0 aliphatic heterocycles. The Hall–Kier alpha value is -2.36. The molecule has 0 radical (unpaired) electrons. The van der Waals surface area contributed by atoms with Crippen LogP contribution in [0.25, 0.3) is 0 Å². The highest BCUT2D eigenvalue weighted by Gasteiger charge is 2.08. The number of non-ortho nitro benzene ring substituents is 1. The third-order valence-electron chi connectivity index (χ3n) is 3.37. The predicted molar refractivity (Wildman–Crippen MR) is 97.8 cm³/mol. The molecule has 0 amide bonds. The van der Waals surface area contributed by atoms with Gasteiger partial charge < -0.3 is 15.1 Å². The maximum Gasteiger partial charge on any atom is 0.269 e. The fourth-order valence-corrected chi connectivity index (χ4v) is 2.58. The van der Waals surface area contributed by atoms with Crippen molar-refractivity contribution in [3.05, 3.63) is 57.1 Å². The number of nitro benzene ring substituents is 1. The first kappa shape index (κ1) is 19.0. The lowest BCUT2D eigenvalue weighted by Crippen LogP contribution is -2.29. The van der Waals surface area contributed by atoms with Crippen molar-refractivity contribution in [3.8, 4) is 0 Å². The van der Waals surface area contributed by atoms with Gasteiger partial charge in [-0.2, -0.15) is 5.11 Å². The van der Waals surface area contributed by atoms with E-state index in [4.69, 9.17) is 10.2 Å². The molecular weight excluding hydrogens is 392 g/mol. The first-order chi connectivity index (χ1) is 12.0. The minimum Gasteiger partial charge on any atom is -0.395 e. The maximum absolute atomic E-state index is 10.6. The predicted octanol–water partition coefficient (Wildman–Crippen LogP) is 3.56. The smallest absolute Gasteiger partial charge is 0.269 e. The van der Waals surface area contributed by atoms with Gasteiger partial charge in [0, 0.05) is 35.4 Å². The zero-order valence-electron chi connectivity index (χ0n) is 13.2. The van der Waals surface area contributed by atoms with Crippen LogP contribution >= 0.6 is 15.9 Å². The molecule has 9 heteroatoms. The van der Waals surface area contributed by atoms with Gasteiger partial charge in [0.25, 0.3) is 5.69 Å². The summed E-state index contributed by atoms with van der Waals surface area (Å²) >= 11 is 3.43. The SMILES string of the molecule is O=[N+]([O-])c1ccc(N=Nc2ccc(N(CCO)CCO)cc2Br)cc1. The number of aliphatic hydroxyl groups excluding tert-OH is 2. The molecule has 0 atom stereocenters. The number of halogens is 1. The summed E-state index contributed by atoms with van der Waals surface area (Å²) in [5, 5.41) is 37.0. The second-order valence-electron chi connectivity index (χ2n) is 5.04. The van der Waals surface area contributed by atoms with Crippen LogP contribution in [0.1, 0.15) is 0 Å². The Balaban J connectivity index is 2.15. The number of benzene rings is 2. The van der Waals surface area contributed by atoms with Crippen molar-refractivity contribution in [3.63, 3.8) is 0 Å². The number of hydrogen-bond acceptors (Lipinski definition) is 7. The van der Waals surface area contributed by atoms with Crippen LogP contribution in [0.4, 0.5) is 22.7 Å². The summed E-state index contributed by atoms with van der Waals surface area (Å²) in [6, 6.07) is 11.2. The fourth-order valence-electron chi connectivity index (χ4n) is 2.14. The molecule has 25 heavy (non-hydrogen) atoms. The van der Waals surface area contributed by atoms with Gasteiger partial charge >= 0.3 is 0 Å². The normalized spacial score (nSPS) is 11.0. The number of hydrogen-bond donors (Lipinski definition) is 2. The number of aliphatic hydroxyl groups is 2. The van der Waals surface area contributed by atoms with Gasteiger partial charge in [0.15, 0.2) is 0 Å². The lowest BCUT2D eigenvalue weighted by molar-refractivity contribution is -0.384. The van der Waals surface area contributed by atoms with E-state index in [9.17, 15) is 10.1 Å². The molecule has 0 aliphatic carbocycles. The Morgan fingerprint density at radius 2 is 1.68 bits per heavy atom. The molecule has 132 valence electrons. The second kappa shape index (κ2) is 9.21.